The lowest BCUT2D eigenvalue weighted by molar-refractivity contribution is 0.664. The predicted octanol–water partition coefficient (Wildman–Crippen LogP) is 15.6. The van der Waals surface area contributed by atoms with Crippen LogP contribution in [0.15, 0.2) is 218 Å². The van der Waals surface area contributed by atoms with Gasteiger partial charge in [0.15, 0.2) is 5.82 Å². The molecule has 3 aliphatic carbocycles. The van der Waals surface area contributed by atoms with Crippen molar-refractivity contribution >= 4 is 32.7 Å². The Kier molecular flexibility index (Phi) is 8.69. The second-order valence-electron chi connectivity index (χ2n) is 17.6. The van der Waals surface area contributed by atoms with Crippen LogP contribution in [0.4, 0.5) is 0 Å². The van der Waals surface area contributed by atoms with Crippen LogP contribution < -0.4 is 0 Å². The number of benzene rings is 8. The first-order chi connectivity index (χ1) is 31.0. The molecule has 9 aromatic rings. The second-order valence-corrected chi connectivity index (χ2v) is 17.6. The van der Waals surface area contributed by atoms with E-state index in [9.17, 15) is 0 Å². The van der Waals surface area contributed by atoms with Gasteiger partial charge in [-0.25, -0.2) is 9.97 Å². The minimum absolute atomic E-state index is 0.112. The Morgan fingerprint density at radius 2 is 0.984 bits per heavy atom. The summed E-state index contributed by atoms with van der Waals surface area (Å²) in [5.74, 6) is 1.12. The van der Waals surface area contributed by atoms with E-state index in [4.69, 9.17) is 9.97 Å². The van der Waals surface area contributed by atoms with E-state index in [0.29, 0.717) is 5.82 Å². The van der Waals surface area contributed by atoms with Crippen LogP contribution in [0.25, 0.3) is 88.8 Å². The van der Waals surface area contributed by atoms with Crippen molar-refractivity contribution in [3.63, 3.8) is 0 Å². The molecule has 298 valence electrons. The minimum atomic E-state index is -0.112. The zero-order valence-corrected chi connectivity index (χ0v) is 35.3. The maximum Gasteiger partial charge on any atom is 0.160 e. The van der Waals surface area contributed by atoms with Crippen molar-refractivity contribution in [1.82, 2.24) is 9.97 Å². The predicted molar refractivity (Wildman–Crippen MR) is 264 cm³/mol. The summed E-state index contributed by atoms with van der Waals surface area (Å²) in [5, 5.41) is 5.05. The monoisotopic (exact) mass is 804 g/mol. The van der Waals surface area contributed by atoms with Crippen LogP contribution in [-0.4, -0.2) is 9.97 Å². The van der Waals surface area contributed by atoms with Crippen LogP contribution >= 0.6 is 0 Å². The van der Waals surface area contributed by atoms with E-state index in [1.54, 1.807) is 0 Å². The molecule has 1 aromatic heterocycles. The van der Waals surface area contributed by atoms with Crippen molar-refractivity contribution in [2.45, 2.75) is 19.3 Å². The molecule has 0 fully saturated rings. The highest BCUT2D eigenvalue weighted by atomic mass is 14.9. The Hall–Kier alpha value is -7.68. The second kappa shape index (κ2) is 14.8. The van der Waals surface area contributed by atoms with Crippen LogP contribution in [-0.2, 0) is 5.41 Å². The fourth-order valence-electron chi connectivity index (χ4n) is 10.7. The third-order valence-electron chi connectivity index (χ3n) is 13.7. The van der Waals surface area contributed by atoms with E-state index in [0.717, 1.165) is 33.6 Å². The lowest BCUT2D eigenvalue weighted by atomic mass is 9.70. The fourth-order valence-corrected chi connectivity index (χ4v) is 10.7. The third kappa shape index (κ3) is 6.16. The van der Waals surface area contributed by atoms with Gasteiger partial charge in [0.25, 0.3) is 0 Å². The molecule has 3 aliphatic rings. The van der Waals surface area contributed by atoms with Crippen molar-refractivity contribution in [2.75, 3.05) is 0 Å². The Balaban J connectivity index is 0.963. The fraction of sp³-hybridized carbons (Fsp3) is 0.0820. The maximum atomic E-state index is 5.29. The van der Waals surface area contributed by atoms with Crippen molar-refractivity contribution in [3.8, 4) is 56.2 Å². The van der Waals surface area contributed by atoms with E-state index in [1.807, 2.05) is 6.07 Å². The zero-order chi connectivity index (χ0) is 42.1. The Labute approximate surface area is 369 Å². The van der Waals surface area contributed by atoms with Crippen molar-refractivity contribution < 1.29 is 0 Å². The average Bonchev–Trinajstić information content (AvgIpc) is 3.59. The number of aromatic nitrogens is 2. The standard InChI is InChI=1S/C61H44N2/c1-61(2)56-37-43(29-30-53(56)55-31-28-40-18-9-10-23-46(40)59(55)61)45-32-33-51(48-25-12-11-24-47(45)48)52-34-35-54(50-27-14-13-26-49(50)52)58-38-57(62-60(63-58)41-19-7-4-8-20-41)44-22-15-21-42(36-44)39-16-5-3-6-17-39/h3-38,47-48H,1-2H3. The highest BCUT2D eigenvalue weighted by molar-refractivity contribution is 6.04. The van der Waals surface area contributed by atoms with Gasteiger partial charge in [0, 0.05) is 33.9 Å². The molecule has 1 heterocycles. The molecule has 0 bridgehead atoms. The molecule has 2 nitrogen and oxygen atoms in total. The zero-order valence-electron chi connectivity index (χ0n) is 35.3. The molecule has 0 saturated heterocycles. The average molecular weight is 805 g/mol. The largest absolute Gasteiger partial charge is 0.228 e. The van der Waals surface area contributed by atoms with Gasteiger partial charge in [0.2, 0.25) is 0 Å². The lowest BCUT2D eigenvalue weighted by Crippen LogP contribution is -2.20. The van der Waals surface area contributed by atoms with E-state index >= 15 is 0 Å². The van der Waals surface area contributed by atoms with E-state index in [2.05, 4.69) is 226 Å². The summed E-state index contributed by atoms with van der Waals surface area (Å²) in [6.07, 6.45) is 14.0. The molecule has 0 spiro atoms. The summed E-state index contributed by atoms with van der Waals surface area (Å²) >= 11 is 0. The SMILES string of the molecule is CC1(C)c2cc(C3=CC=C(c4ccc(-c5cc(-c6cccc(-c7ccccc7)c6)nc(-c6ccccc6)n5)c5ccccc45)C4C=CC=CC34)ccc2-c2ccc3ccccc3c21. The normalized spacial score (nSPS) is 16.9. The molecule has 0 radical (unpaired) electrons. The van der Waals surface area contributed by atoms with Gasteiger partial charge in [-0.1, -0.05) is 214 Å². The molecule has 12 rings (SSSR count). The molecule has 0 saturated carbocycles. The molecule has 2 heteroatoms. The maximum absolute atomic E-state index is 5.29. The topological polar surface area (TPSA) is 25.8 Å². The number of hydrogen-bond acceptors (Lipinski definition) is 2. The molecular formula is C61H44N2. The summed E-state index contributed by atoms with van der Waals surface area (Å²) in [6.45, 7) is 4.80. The summed E-state index contributed by atoms with van der Waals surface area (Å²) < 4.78 is 0. The first-order valence-electron chi connectivity index (χ1n) is 22.1. The first kappa shape index (κ1) is 37.1. The van der Waals surface area contributed by atoms with Crippen molar-refractivity contribution in [1.29, 1.82) is 0 Å². The summed E-state index contributed by atoms with van der Waals surface area (Å²) in [6, 6.07) is 65.8. The molecule has 63 heavy (non-hydrogen) atoms. The number of fused-ring (bicyclic) bond motifs is 7. The number of nitrogens with zero attached hydrogens (tertiary/aromatic N) is 2. The van der Waals surface area contributed by atoms with Gasteiger partial charge in [-0.15, -0.1) is 0 Å². The Morgan fingerprint density at radius 3 is 1.78 bits per heavy atom. The lowest BCUT2D eigenvalue weighted by Gasteiger charge is -2.33. The van der Waals surface area contributed by atoms with E-state index < -0.39 is 0 Å². The van der Waals surface area contributed by atoms with Gasteiger partial charge in [-0.3, -0.25) is 0 Å². The first-order valence-corrected chi connectivity index (χ1v) is 22.1. The van der Waals surface area contributed by atoms with E-state index in [-0.39, 0.29) is 17.3 Å². The summed E-state index contributed by atoms with van der Waals surface area (Å²) in [4.78, 5) is 10.5. The highest BCUT2D eigenvalue weighted by Crippen LogP contribution is 2.53. The number of rotatable bonds is 6. The summed E-state index contributed by atoms with van der Waals surface area (Å²) in [5.41, 5.74) is 18.0. The number of hydrogen-bond donors (Lipinski definition) is 0. The van der Waals surface area contributed by atoms with Crippen molar-refractivity contribution in [2.24, 2.45) is 11.8 Å². The van der Waals surface area contributed by atoms with Gasteiger partial charge >= 0.3 is 0 Å². The van der Waals surface area contributed by atoms with Crippen molar-refractivity contribution in [3.05, 3.63) is 241 Å². The van der Waals surface area contributed by atoms with Crippen LogP contribution in [0.3, 0.4) is 0 Å². The molecule has 0 amide bonds. The van der Waals surface area contributed by atoms with Crippen LogP contribution in [0.1, 0.15) is 36.1 Å². The molecule has 8 aromatic carbocycles. The third-order valence-corrected chi connectivity index (χ3v) is 13.7. The summed E-state index contributed by atoms with van der Waals surface area (Å²) in [7, 11) is 0. The van der Waals surface area contributed by atoms with Gasteiger partial charge in [-0.2, -0.15) is 0 Å². The quantitative estimate of drug-likeness (QED) is 0.167. The molecule has 0 aliphatic heterocycles. The van der Waals surface area contributed by atoms with Crippen LogP contribution in [0, 0.1) is 11.8 Å². The van der Waals surface area contributed by atoms with Gasteiger partial charge in [0.1, 0.15) is 0 Å². The van der Waals surface area contributed by atoms with Gasteiger partial charge < -0.3 is 0 Å². The van der Waals surface area contributed by atoms with Gasteiger partial charge in [-0.05, 0) is 95.4 Å². The molecule has 0 N–H and O–H groups in total. The minimum Gasteiger partial charge on any atom is -0.228 e. The van der Waals surface area contributed by atoms with E-state index in [1.165, 1.54) is 71.6 Å². The molecule has 2 atom stereocenters. The Bertz CT molecular complexity index is 3420. The smallest absolute Gasteiger partial charge is 0.160 e. The highest BCUT2D eigenvalue weighted by Gasteiger charge is 2.38. The van der Waals surface area contributed by atoms with Crippen LogP contribution in [0.5, 0.6) is 0 Å². The number of allylic oxidation sites excluding steroid dienone is 8. The molecular weight excluding hydrogens is 761 g/mol. The Morgan fingerprint density at radius 1 is 0.397 bits per heavy atom. The molecule has 2 unspecified atom stereocenters. The van der Waals surface area contributed by atoms with Gasteiger partial charge in [0.05, 0.1) is 11.4 Å². The van der Waals surface area contributed by atoms with Crippen LogP contribution in [0.2, 0.25) is 0 Å².